The summed E-state index contributed by atoms with van der Waals surface area (Å²) in [6.45, 7) is 3.55. The van der Waals surface area contributed by atoms with Gasteiger partial charge in [-0.25, -0.2) is 4.79 Å². The quantitative estimate of drug-likeness (QED) is 0.449. The van der Waals surface area contributed by atoms with E-state index in [0.717, 1.165) is 22.0 Å². The number of hydrogen-bond donors (Lipinski definition) is 2. The van der Waals surface area contributed by atoms with Gasteiger partial charge in [0, 0.05) is 18.3 Å². The largest absolute Gasteiger partial charge is 0.478 e. The van der Waals surface area contributed by atoms with Crippen LogP contribution in [0.1, 0.15) is 21.5 Å². The molecule has 1 aromatic heterocycles. The van der Waals surface area contributed by atoms with Crippen LogP contribution in [0.3, 0.4) is 0 Å². The topological polar surface area (TPSA) is 137 Å². The van der Waals surface area contributed by atoms with Gasteiger partial charge in [-0.1, -0.05) is 6.07 Å². The van der Waals surface area contributed by atoms with Crippen LogP contribution >= 0.6 is 0 Å². The van der Waals surface area contributed by atoms with E-state index in [1.165, 1.54) is 24.4 Å². The molecule has 2 N–H and O–H groups in total. The number of ether oxygens (including phenoxy) is 1. The predicted molar refractivity (Wildman–Crippen MR) is 107 cm³/mol. The normalized spacial score (nSPS) is 10.5. The van der Waals surface area contributed by atoms with Crippen LogP contribution in [0.2, 0.25) is 0 Å². The first-order valence-electron chi connectivity index (χ1n) is 8.81. The number of carbonyl (C=O) groups is 2. The molecule has 0 saturated heterocycles. The number of carboxylic acid groups (broad SMARTS) is 1. The molecule has 0 aliphatic heterocycles. The lowest BCUT2D eigenvalue weighted by atomic mass is 10.1. The zero-order valence-corrected chi connectivity index (χ0v) is 16.2. The Hall–Kier alpha value is -4.21. The van der Waals surface area contributed by atoms with Crippen molar-refractivity contribution in [2.24, 2.45) is 0 Å². The van der Waals surface area contributed by atoms with E-state index in [9.17, 15) is 19.7 Å². The first kappa shape index (κ1) is 20.5. The number of nitro groups is 1. The van der Waals surface area contributed by atoms with Crippen molar-refractivity contribution in [2.45, 2.75) is 20.4 Å². The Bertz CT molecular complexity index is 1120. The van der Waals surface area contributed by atoms with Crippen molar-refractivity contribution in [2.75, 3.05) is 5.32 Å². The zero-order chi connectivity index (χ0) is 21.8. The zero-order valence-electron chi connectivity index (χ0n) is 16.2. The lowest BCUT2D eigenvalue weighted by Gasteiger charge is -2.11. The summed E-state index contributed by atoms with van der Waals surface area (Å²) in [5.74, 6) is -0.985. The second-order valence-corrected chi connectivity index (χ2v) is 6.68. The average Bonchev–Trinajstić information content (AvgIpc) is 3.09. The minimum absolute atomic E-state index is 0.0534. The molecule has 0 atom stereocenters. The minimum atomic E-state index is -1.16. The molecular formula is C20H18N4O6. The summed E-state index contributed by atoms with van der Waals surface area (Å²) in [5.41, 5.74) is 1.81. The molecule has 1 heterocycles. The highest BCUT2D eigenvalue weighted by Crippen LogP contribution is 2.30. The van der Waals surface area contributed by atoms with Crippen molar-refractivity contribution in [3.63, 3.8) is 0 Å². The van der Waals surface area contributed by atoms with Crippen molar-refractivity contribution >= 4 is 23.3 Å². The lowest BCUT2D eigenvalue weighted by Crippen LogP contribution is -2.19. The van der Waals surface area contributed by atoms with Crippen LogP contribution in [0.4, 0.5) is 11.4 Å². The van der Waals surface area contributed by atoms with Crippen molar-refractivity contribution in [3.8, 4) is 11.5 Å². The molecule has 0 saturated carbocycles. The monoisotopic (exact) mass is 410 g/mol. The van der Waals surface area contributed by atoms with Gasteiger partial charge in [0.1, 0.15) is 18.0 Å². The van der Waals surface area contributed by atoms with Crippen LogP contribution < -0.4 is 10.1 Å². The van der Waals surface area contributed by atoms with Crippen LogP contribution in [0.5, 0.6) is 11.5 Å². The Morgan fingerprint density at radius 2 is 1.80 bits per heavy atom. The minimum Gasteiger partial charge on any atom is -0.478 e. The first-order valence-corrected chi connectivity index (χ1v) is 8.81. The molecule has 154 valence electrons. The average molecular weight is 410 g/mol. The number of amides is 1. The molecular weight excluding hydrogens is 392 g/mol. The van der Waals surface area contributed by atoms with Crippen LogP contribution in [0, 0.1) is 24.0 Å². The number of aryl methyl sites for hydroxylation is 2. The van der Waals surface area contributed by atoms with E-state index in [-0.39, 0.29) is 29.2 Å². The molecule has 0 unspecified atom stereocenters. The van der Waals surface area contributed by atoms with Gasteiger partial charge >= 0.3 is 5.97 Å². The van der Waals surface area contributed by atoms with Crippen LogP contribution in [-0.2, 0) is 11.3 Å². The van der Waals surface area contributed by atoms with Gasteiger partial charge in [-0.2, -0.15) is 5.10 Å². The number of non-ortho nitro benzene ring substituents is 1. The molecule has 10 heteroatoms. The summed E-state index contributed by atoms with van der Waals surface area (Å²) in [5, 5.41) is 26.5. The number of nitrogens with zero attached hydrogens (tertiary/aromatic N) is 3. The fourth-order valence-corrected chi connectivity index (χ4v) is 2.86. The highest BCUT2D eigenvalue weighted by Gasteiger charge is 2.14. The highest BCUT2D eigenvalue weighted by atomic mass is 16.6. The van der Waals surface area contributed by atoms with Gasteiger partial charge in [0.05, 0.1) is 28.4 Å². The van der Waals surface area contributed by atoms with Gasteiger partial charge in [0.15, 0.2) is 0 Å². The number of nitro benzene ring substituents is 1. The number of aromatic carboxylic acids is 1. The van der Waals surface area contributed by atoms with E-state index < -0.39 is 16.8 Å². The summed E-state index contributed by atoms with van der Waals surface area (Å²) in [6.07, 6.45) is 2.34. The van der Waals surface area contributed by atoms with E-state index in [1.54, 1.807) is 12.1 Å². The van der Waals surface area contributed by atoms with Crippen molar-refractivity contribution in [1.82, 2.24) is 9.78 Å². The van der Waals surface area contributed by atoms with Gasteiger partial charge < -0.3 is 15.2 Å². The molecule has 0 aliphatic carbocycles. The third kappa shape index (κ3) is 5.19. The molecule has 30 heavy (non-hydrogen) atoms. The third-order valence-electron chi connectivity index (χ3n) is 4.00. The summed E-state index contributed by atoms with van der Waals surface area (Å²) >= 11 is 0. The van der Waals surface area contributed by atoms with Gasteiger partial charge in [-0.05, 0) is 37.1 Å². The summed E-state index contributed by atoms with van der Waals surface area (Å²) in [4.78, 5) is 33.9. The Kier molecular flexibility index (Phi) is 5.77. The fourth-order valence-electron chi connectivity index (χ4n) is 2.86. The first-order chi connectivity index (χ1) is 14.2. The standard InChI is InChI=1S/C20H18N4O6/c1-12-3-13(2)5-17(4-12)30-18-7-15(6-16(8-18)24(28)29)22-19(25)11-23-10-14(9-21-23)20(26)27/h3-10H,11H2,1-2H3,(H,22,25)(H,26,27). The van der Waals surface area contributed by atoms with E-state index in [2.05, 4.69) is 10.4 Å². The lowest BCUT2D eigenvalue weighted by molar-refractivity contribution is -0.384. The number of benzene rings is 2. The second-order valence-electron chi connectivity index (χ2n) is 6.68. The smallest absolute Gasteiger partial charge is 0.338 e. The maximum Gasteiger partial charge on any atom is 0.338 e. The number of nitrogens with one attached hydrogen (secondary N) is 1. The van der Waals surface area contributed by atoms with Gasteiger partial charge in [-0.15, -0.1) is 0 Å². The third-order valence-corrected chi connectivity index (χ3v) is 4.00. The number of anilines is 1. The van der Waals surface area contributed by atoms with Crippen molar-refractivity contribution < 1.29 is 24.4 Å². The number of carboxylic acids is 1. The highest BCUT2D eigenvalue weighted by molar-refractivity contribution is 5.91. The molecule has 3 aromatic rings. The van der Waals surface area contributed by atoms with E-state index in [0.29, 0.717) is 5.75 Å². The molecule has 0 bridgehead atoms. The predicted octanol–water partition coefficient (Wildman–Crippen LogP) is 3.54. The van der Waals surface area contributed by atoms with Crippen LogP contribution in [0.15, 0.2) is 48.8 Å². The number of hydrogen-bond acceptors (Lipinski definition) is 6. The molecule has 1 amide bonds. The van der Waals surface area contributed by atoms with Gasteiger partial charge in [-0.3, -0.25) is 19.6 Å². The van der Waals surface area contributed by atoms with E-state index in [4.69, 9.17) is 9.84 Å². The maximum absolute atomic E-state index is 12.3. The van der Waals surface area contributed by atoms with Crippen LogP contribution in [0.25, 0.3) is 0 Å². The van der Waals surface area contributed by atoms with Crippen molar-refractivity contribution in [1.29, 1.82) is 0 Å². The molecule has 10 nitrogen and oxygen atoms in total. The number of rotatable bonds is 7. The molecule has 0 aliphatic rings. The number of aromatic nitrogens is 2. The Morgan fingerprint density at radius 1 is 1.13 bits per heavy atom. The maximum atomic E-state index is 12.3. The Balaban J connectivity index is 1.80. The summed E-state index contributed by atoms with van der Waals surface area (Å²) < 4.78 is 6.92. The molecule has 3 rings (SSSR count). The SMILES string of the molecule is Cc1cc(C)cc(Oc2cc(NC(=O)Cn3cc(C(=O)O)cn3)cc([N+](=O)[O-])c2)c1. The Morgan fingerprint density at radius 3 is 2.40 bits per heavy atom. The van der Waals surface area contributed by atoms with E-state index >= 15 is 0 Å². The molecule has 0 radical (unpaired) electrons. The molecule has 0 spiro atoms. The van der Waals surface area contributed by atoms with Crippen molar-refractivity contribution in [3.05, 3.63) is 75.6 Å². The fraction of sp³-hybridized carbons (Fsp3) is 0.150. The molecule has 0 fully saturated rings. The Labute approximate surface area is 170 Å². The molecule has 2 aromatic carbocycles. The number of carbonyl (C=O) groups excluding carboxylic acids is 1. The van der Waals surface area contributed by atoms with E-state index in [1.807, 2.05) is 19.9 Å². The van der Waals surface area contributed by atoms with Crippen LogP contribution in [-0.4, -0.2) is 31.7 Å². The van der Waals surface area contributed by atoms with Gasteiger partial charge in [0.2, 0.25) is 5.91 Å². The second kappa shape index (κ2) is 8.43. The van der Waals surface area contributed by atoms with Gasteiger partial charge in [0.25, 0.3) is 5.69 Å². The summed E-state index contributed by atoms with van der Waals surface area (Å²) in [7, 11) is 0. The summed E-state index contributed by atoms with van der Waals surface area (Å²) in [6, 6.07) is 9.49.